The summed E-state index contributed by atoms with van der Waals surface area (Å²) in [6.07, 6.45) is 0. The molecule has 1 heterocycles. The Morgan fingerprint density at radius 2 is 1.62 bits per heavy atom. The lowest BCUT2D eigenvalue weighted by molar-refractivity contribution is 0.101. The first-order valence-corrected chi connectivity index (χ1v) is 9.32. The number of carbonyl (C=O) groups is 1. The van der Waals surface area contributed by atoms with Gasteiger partial charge in [-0.25, -0.2) is 14.1 Å². The molecule has 0 bridgehead atoms. The summed E-state index contributed by atoms with van der Waals surface area (Å²) < 4.78 is 14.8. The van der Waals surface area contributed by atoms with Crippen LogP contribution in [0.15, 0.2) is 72.8 Å². The Morgan fingerprint density at radius 1 is 0.931 bits per heavy atom. The van der Waals surface area contributed by atoms with E-state index in [0.717, 1.165) is 0 Å². The third kappa shape index (κ3) is 4.13. The van der Waals surface area contributed by atoms with Gasteiger partial charge in [-0.1, -0.05) is 35.3 Å². The minimum atomic E-state index is -0.519. The van der Waals surface area contributed by atoms with Gasteiger partial charge in [-0.15, -0.1) is 5.10 Å². The Hall–Kier alpha value is -3.22. The molecule has 5 nitrogen and oxygen atoms in total. The largest absolute Gasteiger partial charge is 0.318 e. The molecule has 144 valence electrons. The molecule has 0 unspecified atom stereocenters. The number of para-hydroxylation sites is 1. The van der Waals surface area contributed by atoms with E-state index in [9.17, 15) is 9.18 Å². The number of nitrogens with one attached hydrogen (secondary N) is 1. The van der Waals surface area contributed by atoms with Crippen LogP contribution in [-0.4, -0.2) is 20.7 Å². The van der Waals surface area contributed by atoms with Crippen molar-refractivity contribution >= 4 is 34.8 Å². The maximum absolute atomic E-state index is 13.3. The first-order chi connectivity index (χ1) is 14.0. The van der Waals surface area contributed by atoms with Gasteiger partial charge in [0.2, 0.25) is 5.82 Å². The number of aromatic nitrogens is 3. The zero-order chi connectivity index (χ0) is 20.4. The van der Waals surface area contributed by atoms with Crippen LogP contribution >= 0.6 is 23.2 Å². The number of carbonyl (C=O) groups excluding carboxylic acids is 1. The van der Waals surface area contributed by atoms with Gasteiger partial charge in [0.25, 0.3) is 5.91 Å². The van der Waals surface area contributed by atoms with Crippen LogP contribution in [0.4, 0.5) is 10.1 Å². The van der Waals surface area contributed by atoms with E-state index >= 15 is 0 Å². The summed E-state index contributed by atoms with van der Waals surface area (Å²) in [5, 5.41) is 8.00. The highest BCUT2D eigenvalue weighted by Crippen LogP contribution is 2.25. The SMILES string of the molecule is O=C(Nc1ccccc1Cl)c1nc(-c2ccc(Cl)cc2)n(-c2ccc(F)cc2)n1. The Kier molecular flexibility index (Phi) is 5.29. The van der Waals surface area contributed by atoms with Crippen molar-refractivity contribution in [3.05, 3.63) is 94.5 Å². The number of nitrogens with zero attached hydrogens (tertiary/aromatic N) is 3. The summed E-state index contributed by atoms with van der Waals surface area (Å²) in [6, 6.07) is 19.6. The van der Waals surface area contributed by atoms with Gasteiger partial charge in [-0.3, -0.25) is 4.79 Å². The molecule has 0 radical (unpaired) electrons. The van der Waals surface area contributed by atoms with E-state index in [1.807, 2.05) is 0 Å². The van der Waals surface area contributed by atoms with Crippen molar-refractivity contribution < 1.29 is 9.18 Å². The van der Waals surface area contributed by atoms with Crippen LogP contribution in [0.5, 0.6) is 0 Å². The van der Waals surface area contributed by atoms with Gasteiger partial charge in [0.05, 0.1) is 16.4 Å². The molecule has 0 aliphatic heterocycles. The van der Waals surface area contributed by atoms with E-state index in [2.05, 4.69) is 15.4 Å². The van der Waals surface area contributed by atoms with Crippen molar-refractivity contribution in [3.8, 4) is 17.1 Å². The van der Waals surface area contributed by atoms with Gasteiger partial charge in [0, 0.05) is 10.6 Å². The van der Waals surface area contributed by atoms with E-state index in [4.69, 9.17) is 23.2 Å². The van der Waals surface area contributed by atoms with E-state index in [1.54, 1.807) is 60.7 Å². The number of rotatable bonds is 4. The zero-order valence-corrected chi connectivity index (χ0v) is 16.3. The maximum Gasteiger partial charge on any atom is 0.295 e. The Labute approximate surface area is 175 Å². The van der Waals surface area contributed by atoms with Crippen molar-refractivity contribution in [1.82, 2.24) is 14.8 Å². The molecule has 3 aromatic carbocycles. The number of hydrogen-bond acceptors (Lipinski definition) is 3. The molecule has 1 N–H and O–H groups in total. The Morgan fingerprint density at radius 3 is 2.31 bits per heavy atom. The monoisotopic (exact) mass is 426 g/mol. The zero-order valence-electron chi connectivity index (χ0n) is 14.8. The normalized spacial score (nSPS) is 10.7. The molecule has 8 heteroatoms. The quantitative estimate of drug-likeness (QED) is 0.459. The van der Waals surface area contributed by atoms with E-state index < -0.39 is 5.91 Å². The number of halogens is 3. The van der Waals surface area contributed by atoms with Gasteiger partial charge in [-0.05, 0) is 60.7 Å². The highest BCUT2D eigenvalue weighted by atomic mass is 35.5. The van der Waals surface area contributed by atoms with Gasteiger partial charge < -0.3 is 5.32 Å². The van der Waals surface area contributed by atoms with Crippen molar-refractivity contribution in [2.45, 2.75) is 0 Å². The van der Waals surface area contributed by atoms with Gasteiger partial charge in [-0.2, -0.15) is 0 Å². The van der Waals surface area contributed by atoms with Crippen LogP contribution in [0.25, 0.3) is 17.1 Å². The van der Waals surface area contributed by atoms with Crippen LogP contribution in [0.2, 0.25) is 10.0 Å². The van der Waals surface area contributed by atoms with Crippen molar-refractivity contribution in [2.24, 2.45) is 0 Å². The Bertz CT molecular complexity index is 1110. The molecule has 1 aromatic heterocycles. The number of anilines is 1. The van der Waals surface area contributed by atoms with Gasteiger partial charge >= 0.3 is 0 Å². The average molecular weight is 427 g/mol. The first-order valence-electron chi connectivity index (χ1n) is 8.56. The first kappa shape index (κ1) is 19.1. The summed E-state index contributed by atoms with van der Waals surface area (Å²) >= 11 is 12.1. The fraction of sp³-hybridized carbons (Fsp3) is 0. The van der Waals surface area contributed by atoms with Gasteiger partial charge in [0.1, 0.15) is 5.82 Å². The lowest BCUT2D eigenvalue weighted by atomic mass is 10.2. The van der Waals surface area contributed by atoms with Crippen molar-refractivity contribution in [3.63, 3.8) is 0 Å². The second-order valence-electron chi connectivity index (χ2n) is 6.09. The summed E-state index contributed by atoms with van der Waals surface area (Å²) in [7, 11) is 0. The molecule has 0 aliphatic rings. The van der Waals surface area contributed by atoms with E-state index in [1.165, 1.54) is 16.8 Å². The summed E-state index contributed by atoms with van der Waals surface area (Å²) in [6.45, 7) is 0. The van der Waals surface area contributed by atoms with Crippen molar-refractivity contribution in [1.29, 1.82) is 0 Å². The smallest absolute Gasteiger partial charge is 0.295 e. The second-order valence-corrected chi connectivity index (χ2v) is 6.93. The molecule has 0 spiro atoms. The lowest BCUT2D eigenvalue weighted by Gasteiger charge is -2.06. The van der Waals surface area contributed by atoms with Crippen LogP contribution in [-0.2, 0) is 0 Å². The average Bonchev–Trinajstić information content (AvgIpc) is 3.16. The predicted octanol–water partition coefficient (Wildman–Crippen LogP) is 5.63. The molecule has 1 amide bonds. The third-order valence-corrected chi connectivity index (χ3v) is 4.69. The Balaban J connectivity index is 1.76. The molecule has 0 saturated carbocycles. The molecule has 0 fully saturated rings. The number of hydrogen-bond donors (Lipinski definition) is 1. The molecule has 0 atom stereocenters. The van der Waals surface area contributed by atoms with Crippen LogP contribution in [0.1, 0.15) is 10.6 Å². The van der Waals surface area contributed by atoms with Crippen LogP contribution in [0.3, 0.4) is 0 Å². The predicted molar refractivity (Wildman–Crippen MR) is 111 cm³/mol. The van der Waals surface area contributed by atoms with Crippen LogP contribution in [0, 0.1) is 5.82 Å². The third-order valence-electron chi connectivity index (χ3n) is 4.11. The topological polar surface area (TPSA) is 59.8 Å². The minimum Gasteiger partial charge on any atom is -0.318 e. The summed E-state index contributed by atoms with van der Waals surface area (Å²) in [4.78, 5) is 17.1. The second kappa shape index (κ2) is 8.03. The molecular formula is C21H13Cl2FN4O. The summed E-state index contributed by atoms with van der Waals surface area (Å²) in [5.74, 6) is -0.537. The maximum atomic E-state index is 13.3. The van der Waals surface area contributed by atoms with Crippen molar-refractivity contribution in [2.75, 3.05) is 5.32 Å². The molecule has 4 rings (SSSR count). The molecule has 4 aromatic rings. The van der Waals surface area contributed by atoms with Gasteiger partial charge in [0.15, 0.2) is 5.82 Å². The fourth-order valence-electron chi connectivity index (χ4n) is 2.70. The highest BCUT2D eigenvalue weighted by molar-refractivity contribution is 6.33. The molecule has 0 saturated heterocycles. The lowest BCUT2D eigenvalue weighted by Crippen LogP contribution is -2.14. The standard InChI is InChI=1S/C21H13Cl2FN4O/c22-14-7-5-13(6-8-14)20-26-19(21(29)25-18-4-2-1-3-17(18)23)27-28(20)16-11-9-15(24)10-12-16/h1-12H,(H,25,29). The molecule has 29 heavy (non-hydrogen) atoms. The van der Waals surface area contributed by atoms with E-state index in [0.29, 0.717) is 32.8 Å². The number of benzene rings is 3. The molecular weight excluding hydrogens is 414 g/mol. The fourth-order valence-corrected chi connectivity index (χ4v) is 3.01. The van der Waals surface area contributed by atoms with E-state index in [-0.39, 0.29) is 11.6 Å². The summed E-state index contributed by atoms with van der Waals surface area (Å²) in [5.41, 5.74) is 1.70. The number of amides is 1. The molecule has 0 aliphatic carbocycles. The minimum absolute atomic E-state index is 0.0563. The van der Waals surface area contributed by atoms with Crippen LogP contribution < -0.4 is 5.32 Å². The highest BCUT2D eigenvalue weighted by Gasteiger charge is 2.19.